The first-order valence-corrected chi connectivity index (χ1v) is 9.56. The number of fused-ring (bicyclic) bond motifs is 3. The Morgan fingerprint density at radius 1 is 0.800 bits per heavy atom. The van der Waals surface area contributed by atoms with Crippen molar-refractivity contribution in [1.29, 1.82) is 0 Å². The molecule has 7 rings (SSSR count). The molecule has 7 aliphatic rings. The van der Waals surface area contributed by atoms with E-state index in [2.05, 4.69) is 0 Å². The minimum absolute atomic E-state index is 0.0299. The molecule has 5 heteroatoms. The lowest BCUT2D eigenvalue weighted by molar-refractivity contribution is -0.144. The van der Waals surface area contributed by atoms with Crippen LogP contribution in [0.15, 0.2) is 0 Å². The van der Waals surface area contributed by atoms with Crippen LogP contribution in [0.2, 0.25) is 0 Å². The topological polar surface area (TPSA) is 44.8 Å². The molecule has 7 fully saturated rings. The van der Waals surface area contributed by atoms with Crippen LogP contribution in [-0.2, 0) is 18.1 Å². The van der Waals surface area contributed by atoms with Gasteiger partial charge in [0.05, 0.1) is 19.8 Å². The first kappa shape index (κ1) is 12.6. The van der Waals surface area contributed by atoms with Crippen LogP contribution in [0, 0.1) is 28.6 Å². The van der Waals surface area contributed by atoms with E-state index in [1.165, 1.54) is 38.5 Å². The highest BCUT2D eigenvalue weighted by molar-refractivity contribution is 7.48. The molecule has 3 heterocycles. The molecule has 0 amide bonds. The first-order valence-electron chi connectivity index (χ1n) is 8.10. The molecule has 4 saturated carbocycles. The minimum Gasteiger partial charge on any atom is -0.286 e. The summed E-state index contributed by atoms with van der Waals surface area (Å²) in [4.78, 5) is 0. The Kier molecular flexibility index (Phi) is 2.46. The minimum atomic E-state index is -3.16. The van der Waals surface area contributed by atoms with Crippen molar-refractivity contribution < 1.29 is 18.1 Å². The highest BCUT2D eigenvalue weighted by Gasteiger charge is 2.57. The Morgan fingerprint density at radius 2 is 1.25 bits per heavy atom. The standard InChI is InChI=1S/C15H23O4P/c16-20-17-8-15(9-18-20,10-19-20)7-14-4-11-1-12(5-14)3-13(2-11)6-14/h11-13H,1-10H2. The molecule has 0 aromatic rings. The van der Waals surface area contributed by atoms with Gasteiger partial charge in [0.2, 0.25) is 0 Å². The van der Waals surface area contributed by atoms with E-state index in [4.69, 9.17) is 13.6 Å². The zero-order valence-electron chi connectivity index (χ0n) is 11.9. The fraction of sp³-hybridized carbons (Fsp3) is 1.00. The van der Waals surface area contributed by atoms with E-state index < -0.39 is 7.82 Å². The van der Waals surface area contributed by atoms with Crippen molar-refractivity contribution in [2.75, 3.05) is 19.8 Å². The highest BCUT2D eigenvalue weighted by atomic mass is 31.2. The molecule has 112 valence electrons. The van der Waals surface area contributed by atoms with Gasteiger partial charge < -0.3 is 0 Å². The van der Waals surface area contributed by atoms with E-state index in [1.807, 2.05) is 0 Å². The third-order valence-corrected chi connectivity index (χ3v) is 7.84. The van der Waals surface area contributed by atoms with Crippen LogP contribution in [0.3, 0.4) is 0 Å². The Balaban J connectivity index is 1.40. The lowest BCUT2D eigenvalue weighted by atomic mass is 9.47. The van der Waals surface area contributed by atoms with Gasteiger partial charge in [-0.3, -0.25) is 13.6 Å². The zero-order chi connectivity index (χ0) is 13.4. The van der Waals surface area contributed by atoms with Gasteiger partial charge in [0.25, 0.3) is 0 Å². The lowest BCUT2D eigenvalue weighted by Gasteiger charge is -2.60. The van der Waals surface area contributed by atoms with Crippen LogP contribution in [-0.4, -0.2) is 19.8 Å². The molecule has 0 aromatic heterocycles. The molecule has 0 unspecified atom stereocenters. The smallest absolute Gasteiger partial charge is 0.286 e. The van der Waals surface area contributed by atoms with Gasteiger partial charge in [-0.05, 0) is 68.1 Å². The molecule has 4 aliphatic carbocycles. The van der Waals surface area contributed by atoms with E-state index in [0.29, 0.717) is 25.2 Å². The van der Waals surface area contributed by atoms with Gasteiger partial charge in [0.1, 0.15) is 0 Å². The average molecular weight is 298 g/mol. The maximum Gasteiger partial charge on any atom is 0.474 e. The summed E-state index contributed by atoms with van der Waals surface area (Å²) < 4.78 is 28.1. The number of hydrogen-bond donors (Lipinski definition) is 0. The molecule has 20 heavy (non-hydrogen) atoms. The Bertz CT molecular complexity index is 422. The van der Waals surface area contributed by atoms with Crippen LogP contribution in [0.4, 0.5) is 0 Å². The van der Waals surface area contributed by atoms with Crippen LogP contribution < -0.4 is 0 Å². The van der Waals surface area contributed by atoms with Crippen molar-refractivity contribution in [1.82, 2.24) is 0 Å². The third-order valence-electron chi connectivity index (χ3n) is 6.50. The fourth-order valence-corrected chi connectivity index (χ4v) is 7.86. The van der Waals surface area contributed by atoms with Gasteiger partial charge in [0.15, 0.2) is 0 Å². The highest BCUT2D eigenvalue weighted by Crippen LogP contribution is 2.67. The monoisotopic (exact) mass is 298 g/mol. The van der Waals surface area contributed by atoms with Crippen molar-refractivity contribution in [3.8, 4) is 0 Å². The molecule has 0 N–H and O–H groups in total. The molecule has 0 spiro atoms. The number of phosphoric acid groups is 1. The van der Waals surface area contributed by atoms with Gasteiger partial charge in [-0.1, -0.05) is 0 Å². The van der Waals surface area contributed by atoms with Gasteiger partial charge >= 0.3 is 7.82 Å². The van der Waals surface area contributed by atoms with Gasteiger partial charge in [0, 0.05) is 5.41 Å². The molecule has 4 nitrogen and oxygen atoms in total. The summed E-state index contributed by atoms with van der Waals surface area (Å²) in [6, 6.07) is 0. The van der Waals surface area contributed by atoms with E-state index in [9.17, 15) is 4.57 Å². The largest absolute Gasteiger partial charge is 0.474 e. The Morgan fingerprint density at radius 3 is 1.70 bits per heavy atom. The van der Waals surface area contributed by atoms with Crippen LogP contribution in [0.5, 0.6) is 0 Å². The lowest BCUT2D eigenvalue weighted by Crippen LogP contribution is -2.53. The van der Waals surface area contributed by atoms with Crippen molar-refractivity contribution in [2.24, 2.45) is 28.6 Å². The second kappa shape index (κ2) is 3.90. The third kappa shape index (κ3) is 1.81. The number of rotatable bonds is 2. The normalized spacial score (nSPS) is 60.1. The quantitative estimate of drug-likeness (QED) is 0.728. The van der Waals surface area contributed by atoms with E-state index >= 15 is 0 Å². The van der Waals surface area contributed by atoms with E-state index in [-0.39, 0.29) is 5.41 Å². The maximum absolute atomic E-state index is 11.9. The summed E-state index contributed by atoms with van der Waals surface area (Å²) in [6.45, 7) is 1.73. The zero-order valence-corrected chi connectivity index (χ0v) is 12.8. The van der Waals surface area contributed by atoms with Gasteiger partial charge in [-0.15, -0.1) is 0 Å². The average Bonchev–Trinajstić information content (AvgIpc) is 2.38. The van der Waals surface area contributed by atoms with E-state index in [1.54, 1.807) is 0 Å². The predicted molar refractivity (Wildman–Crippen MR) is 73.1 cm³/mol. The van der Waals surface area contributed by atoms with Crippen molar-refractivity contribution in [3.63, 3.8) is 0 Å². The molecule has 0 radical (unpaired) electrons. The Labute approximate surface area is 120 Å². The number of hydrogen-bond acceptors (Lipinski definition) is 4. The SMILES string of the molecule is O=P12OCC(CC34CC5CC(CC(C5)C3)C4)(CO1)CO2. The summed E-state index contributed by atoms with van der Waals surface area (Å²) >= 11 is 0. The number of phosphoric ester groups is 1. The molecular formula is C15H23O4P. The van der Waals surface area contributed by atoms with Crippen LogP contribution >= 0.6 is 7.82 Å². The molecular weight excluding hydrogens is 275 g/mol. The van der Waals surface area contributed by atoms with Gasteiger partial charge in [-0.25, -0.2) is 4.57 Å². The molecule has 0 atom stereocenters. The summed E-state index contributed by atoms with van der Waals surface area (Å²) in [5.74, 6) is 2.91. The summed E-state index contributed by atoms with van der Waals surface area (Å²) in [6.07, 6.45) is 9.79. The summed E-state index contributed by atoms with van der Waals surface area (Å²) in [5, 5.41) is 0. The Hall–Kier alpha value is 0.110. The molecule has 3 saturated heterocycles. The molecule has 6 bridgehead atoms. The summed E-state index contributed by atoms with van der Waals surface area (Å²) in [7, 11) is -3.16. The first-order chi connectivity index (χ1) is 9.56. The second-order valence-corrected chi connectivity index (χ2v) is 10.0. The molecule has 0 aromatic carbocycles. The van der Waals surface area contributed by atoms with E-state index in [0.717, 1.165) is 24.2 Å². The van der Waals surface area contributed by atoms with Crippen molar-refractivity contribution >= 4 is 7.82 Å². The van der Waals surface area contributed by atoms with Gasteiger partial charge in [-0.2, -0.15) is 0 Å². The maximum atomic E-state index is 11.9. The summed E-state index contributed by atoms with van der Waals surface area (Å²) in [5.41, 5.74) is 0.474. The van der Waals surface area contributed by atoms with Crippen molar-refractivity contribution in [3.05, 3.63) is 0 Å². The fourth-order valence-electron chi connectivity index (χ4n) is 6.34. The van der Waals surface area contributed by atoms with Crippen LogP contribution in [0.1, 0.15) is 44.9 Å². The second-order valence-electron chi connectivity index (χ2n) is 8.36. The van der Waals surface area contributed by atoms with Crippen molar-refractivity contribution in [2.45, 2.75) is 44.9 Å². The van der Waals surface area contributed by atoms with Crippen LogP contribution in [0.25, 0.3) is 0 Å². The molecule has 3 aliphatic heterocycles. The predicted octanol–water partition coefficient (Wildman–Crippen LogP) is 3.76.